The SMILES string of the molecule is COCC(=O)N[C@@H]1CC[C@H]2CCOc3ccccc3C(=O)N3CCN(Cc4ccc(S(C)(=O)=O)cc4)C[C@H]3C(=O)NC[C@H]1O2. The van der Waals surface area contributed by atoms with Gasteiger partial charge in [-0.25, -0.2) is 8.42 Å². The molecule has 3 heterocycles. The normalized spacial score (nSPS) is 25.1. The highest BCUT2D eigenvalue weighted by Gasteiger charge is 2.38. The first kappa shape index (κ1) is 31.9. The lowest BCUT2D eigenvalue weighted by atomic mass is 9.96. The molecule has 2 N–H and O–H groups in total. The van der Waals surface area contributed by atoms with Crippen LogP contribution in [-0.4, -0.2) is 113 Å². The van der Waals surface area contributed by atoms with Gasteiger partial charge in [0, 0.05) is 52.5 Å². The van der Waals surface area contributed by atoms with Crippen LogP contribution in [0, 0.1) is 0 Å². The van der Waals surface area contributed by atoms with Crippen LogP contribution in [0.2, 0.25) is 0 Å². The molecule has 3 amide bonds. The minimum absolute atomic E-state index is 0.0712. The molecule has 2 aromatic carbocycles. The highest BCUT2D eigenvalue weighted by Crippen LogP contribution is 2.27. The van der Waals surface area contributed by atoms with Gasteiger partial charge in [0.2, 0.25) is 11.8 Å². The van der Waals surface area contributed by atoms with E-state index in [1.807, 2.05) is 6.07 Å². The van der Waals surface area contributed by atoms with Gasteiger partial charge in [0.15, 0.2) is 9.84 Å². The second-order valence-electron chi connectivity index (χ2n) is 11.5. The fourth-order valence-corrected chi connectivity index (χ4v) is 6.63. The summed E-state index contributed by atoms with van der Waals surface area (Å²) < 4.78 is 41.2. The van der Waals surface area contributed by atoms with E-state index in [0.29, 0.717) is 56.8 Å². The summed E-state index contributed by atoms with van der Waals surface area (Å²) in [5, 5.41) is 5.98. The molecule has 12 nitrogen and oxygen atoms in total. The molecule has 0 aliphatic carbocycles. The zero-order valence-corrected chi connectivity index (χ0v) is 25.9. The summed E-state index contributed by atoms with van der Waals surface area (Å²) in [5.74, 6) is -0.400. The Morgan fingerprint density at radius 2 is 1.84 bits per heavy atom. The lowest BCUT2D eigenvalue weighted by Gasteiger charge is -2.42. The molecule has 2 fully saturated rings. The first-order valence-corrected chi connectivity index (χ1v) is 16.8. The highest BCUT2D eigenvalue weighted by molar-refractivity contribution is 7.90. The average Bonchev–Trinajstić information content (AvgIpc) is 3.00. The number of piperazine rings is 1. The van der Waals surface area contributed by atoms with Crippen LogP contribution in [0.15, 0.2) is 53.4 Å². The van der Waals surface area contributed by atoms with Crippen LogP contribution in [0.1, 0.15) is 35.2 Å². The van der Waals surface area contributed by atoms with Crippen molar-refractivity contribution in [2.75, 3.05) is 52.8 Å². The maximum Gasteiger partial charge on any atom is 0.258 e. The molecule has 0 saturated carbocycles. The largest absolute Gasteiger partial charge is 0.493 e. The van der Waals surface area contributed by atoms with Gasteiger partial charge in [-0.1, -0.05) is 24.3 Å². The van der Waals surface area contributed by atoms with Crippen LogP contribution in [0.5, 0.6) is 5.75 Å². The Morgan fingerprint density at radius 3 is 2.59 bits per heavy atom. The van der Waals surface area contributed by atoms with Crippen molar-refractivity contribution < 1.29 is 37.0 Å². The third kappa shape index (κ3) is 7.76. The molecule has 3 aliphatic heterocycles. The van der Waals surface area contributed by atoms with E-state index in [-0.39, 0.29) is 54.5 Å². The van der Waals surface area contributed by atoms with Crippen LogP contribution in [0.25, 0.3) is 0 Å². The Bertz CT molecular complexity index is 1450. The molecule has 2 bridgehead atoms. The van der Waals surface area contributed by atoms with Gasteiger partial charge >= 0.3 is 0 Å². The number of carbonyl (C=O) groups excluding carboxylic acids is 3. The topological polar surface area (TPSA) is 144 Å². The number of nitrogens with one attached hydrogen (secondary N) is 2. The predicted molar refractivity (Wildman–Crippen MR) is 161 cm³/mol. The van der Waals surface area contributed by atoms with Crippen LogP contribution < -0.4 is 15.4 Å². The molecule has 5 rings (SSSR count). The summed E-state index contributed by atoms with van der Waals surface area (Å²) in [5.41, 5.74) is 1.30. The van der Waals surface area contributed by atoms with E-state index in [1.165, 1.54) is 13.4 Å². The monoisotopic (exact) mass is 628 g/mol. The summed E-state index contributed by atoms with van der Waals surface area (Å²) in [6.07, 6.45) is 2.56. The van der Waals surface area contributed by atoms with Gasteiger partial charge in [0.05, 0.1) is 35.3 Å². The number of methoxy groups -OCH3 is 1. The standard InChI is InChI=1S/C31H40N4O8S/c1-41-20-29(36)33-25-12-9-22-13-16-42-27-6-4-3-5-24(27)31(38)35-15-14-34(19-26(35)30(37)32-17-28(25)43-22)18-21-7-10-23(11-8-21)44(2,39)40/h3-8,10-11,22,25-26,28H,9,12-20H2,1-2H3,(H,32,37)(H,33,36)/t22-,25+,26-,28+/m0/s1. The number of nitrogens with zero attached hydrogens (tertiary/aromatic N) is 2. The van der Waals surface area contributed by atoms with E-state index in [1.54, 1.807) is 47.4 Å². The molecule has 44 heavy (non-hydrogen) atoms. The lowest BCUT2D eigenvalue weighted by Crippen LogP contribution is -2.62. The summed E-state index contributed by atoms with van der Waals surface area (Å²) in [6, 6.07) is 12.7. The maximum atomic E-state index is 13.9. The zero-order valence-electron chi connectivity index (χ0n) is 25.1. The Morgan fingerprint density at radius 1 is 1.07 bits per heavy atom. The van der Waals surface area contributed by atoms with Gasteiger partial charge < -0.3 is 29.7 Å². The minimum atomic E-state index is -3.31. The first-order valence-electron chi connectivity index (χ1n) is 14.9. The number of rotatable bonds is 6. The average molecular weight is 629 g/mol. The Labute approximate surface area is 257 Å². The summed E-state index contributed by atoms with van der Waals surface area (Å²) in [6.45, 7) is 2.03. The van der Waals surface area contributed by atoms with Crippen molar-refractivity contribution in [1.82, 2.24) is 20.4 Å². The number of sulfone groups is 1. The molecule has 0 aromatic heterocycles. The van der Waals surface area contributed by atoms with Gasteiger partial charge in [0.25, 0.3) is 5.91 Å². The number of para-hydroxylation sites is 1. The molecule has 238 valence electrons. The molecule has 3 aliphatic rings. The fourth-order valence-electron chi connectivity index (χ4n) is 6.00. The molecule has 0 spiro atoms. The second kappa shape index (κ2) is 14.1. The van der Waals surface area contributed by atoms with Gasteiger partial charge in [-0.15, -0.1) is 0 Å². The maximum absolute atomic E-state index is 13.9. The molecule has 13 heteroatoms. The molecule has 4 atom stereocenters. The number of ether oxygens (including phenoxy) is 3. The summed E-state index contributed by atoms with van der Waals surface area (Å²) in [7, 11) is -1.85. The van der Waals surface area contributed by atoms with E-state index in [4.69, 9.17) is 14.2 Å². The van der Waals surface area contributed by atoms with E-state index in [0.717, 1.165) is 5.56 Å². The second-order valence-corrected chi connectivity index (χ2v) is 13.5. The number of fused-ring (bicyclic) bond motifs is 4. The van der Waals surface area contributed by atoms with Crippen LogP contribution in [-0.2, 0) is 35.4 Å². The molecule has 2 saturated heterocycles. The minimum Gasteiger partial charge on any atom is -0.493 e. The van der Waals surface area contributed by atoms with Crippen molar-refractivity contribution in [3.05, 3.63) is 59.7 Å². The van der Waals surface area contributed by atoms with Gasteiger partial charge in [-0.3, -0.25) is 19.3 Å². The van der Waals surface area contributed by atoms with E-state index in [2.05, 4.69) is 15.5 Å². The number of carbonyl (C=O) groups is 3. The van der Waals surface area contributed by atoms with Crippen LogP contribution >= 0.6 is 0 Å². The Hall–Kier alpha value is -3.52. The number of amides is 3. The Balaban J connectivity index is 1.38. The number of benzene rings is 2. The van der Waals surface area contributed by atoms with Crippen molar-refractivity contribution >= 4 is 27.6 Å². The van der Waals surface area contributed by atoms with E-state index in [9.17, 15) is 22.8 Å². The van der Waals surface area contributed by atoms with E-state index < -0.39 is 22.0 Å². The fraction of sp³-hybridized carbons (Fsp3) is 0.516. The summed E-state index contributed by atoms with van der Waals surface area (Å²) >= 11 is 0. The van der Waals surface area contributed by atoms with E-state index >= 15 is 0 Å². The van der Waals surface area contributed by atoms with Crippen LogP contribution in [0.4, 0.5) is 0 Å². The third-order valence-corrected chi connectivity index (χ3v) is 9.44. The highest BCUT2D eigenvalue weighted by atomic mass is 32.2. The van der Waals surface area contributed by atoms with Crippen molar-refractivity contribution in [3.63, 3.8) is 0 Å². The predicted octanol–water partition coefficient (Wildman–Crippen LogP) is 0.994. The first-order chi connectivity index (χ1) is 21.1. The van der Waals surface area contributed by atoms with Gasteiger partial charge in [-0.05, 0) is 42.7 Å². The molecule has 0 unspecified atom stereocenters. The molecular weight excluding hydrogens is 588 g/mol. The molecule has 0 radical (unpaired) electrons. The van der Waals surface area contributed by atoms with Crippen molar-refractivity contribution in [3.8, 4) is 5.75 Å². The van der Waals surface area contributed by atoms with Gasteiger partial charge in [0.1, 0.15) is 18.4 Å². The molecular formula is C31H40N4O8S. The zero-order chi connectivity index (χ0) is 31.3. The number of hydrogen-bond donors (Lipinski definition) is 2. The Kier molecular flexibility index (Phi) is 10.2. The molecule has 2 aromatic rings. The van der Waals surface area contributed by atoms with Crippen molar-refractivity contribution in [2.24, 2.45) is 0 Å². The van der Waals surface area contributed by atoms with Gasteiger partial charge in [-0.2, -0.15) is 0 Å². The summed E-state index contributed by atoms with van der Waals surface area (Å²) in [4.78, 5) is 44.0. The quantitative estimate of drug-likeness (QED) is 0.479. The smallest absolute Gasteiger partial charge is 0.258 e. The van der Waals surface area contributed by atoms with Crippen molar-refractivity contribution in [1.29, 1.82) is 0 Å². The third-order valence-electron chi connectivity index (χ3n) is 8.32. The van der Waals surface area contributed by atoms with Crippen LogP contribution in [0.3, 0.4) is 0 Å². The lowest BCUT2D eigenvalue weighted by molar-refractivity contribution is -0.132. The van der Waals surface area contributed by atoms with Crippen molar-refractivity contribution in [2.45, 2.75) is 55.0 Å². The number of hydrogen-bond acceptors (Lipinski definition) is 9.